The van der Waals surface area contributed by atoms with Gasteiger partial charge in [-0.15, -0.1) is 11.3 Å². The van der Waals surface area contributed by atoms with E-state index in [1.54, 1.807) is 25.1 Å². The first-order valence-corrected chi connectivity index (χ1v) is 6.86. The van der Waals surface area contributed by atoms with Crippen molar-refractivity contribution in [3.8, 4) is 5.69 Å². The second kappa shape index (κ2) is 4.40. The molecule has 0 saturated heterocycles. The monoisotopic (exact) mass is 292 g/mol. The fraction of sp³-hybridized carbons (Fsp3) is 0.0769. The smallest absolute Gasteiger partial charge is 0.276 e. The lowest BCUT2D eigenvalue weighted by Gasteiger charge is -2.09. The lowest BCUT2D eigenvalue weighted by molar-refractivity contribution is 0.616. The summed E-state index contributed by atoms with van der Waals surface area (Å²) in [5, 5.41) is 1.82. The Bertz CT molecular complexity index is 892. The number of aromatic nitrogens is 2. The quantitative estimate of drug-likeness (QED) is 0.696. The maximum atomic E-state index is 13.6. The molecule has 0 fully saturated rings. The van der Waals surface area contributed by atoms with Gasteiger partial charge in [-0.25, -0.2) is 4.39 Å². The third-order valence-electron chi connectivity index (χ3n) is 2.99. The third-order valence-corrected chi connectivity index (χ3v) is 4.17. The predicted molar refractivity (Wildman–Crippen MR) is 77.3 cm³/mol. The van der Waals surface area contributed by atoms with E-state index in [0.29, 0.717) is 21.5 Å². The first-order chi connectivity index (χ1) is 9.09. The molecule has 0 aliphatic heterocycles. The molecule has 0 saturated carbocycles. The molecule has 3 aromatic rings. The fourth-order valence-corrected chi connectivity index (χ4v) is 3.06. The molecule has 6 heteroatoms. The van der Waals surface area contributed by atoms with Gasteiger partial charge in [0.05, 0.1) is 11.2 Å². The van der Waals surface area contributed by atoms with Crippen LogP contribution in [-0.4, -0.2) is 9.55 Å². The van der Waals surface area contributed by atoms with Crippen molar-refractivity contribution in [2.24, 2.45) is 0 Å². The molecule has 0 radical (unpaired) electrons. The average molecular weight is 292 g/mol. The molecule has 0 unspecified atom stereocenters. The first-order valence-electron chi connectivity index (χ1n) is 5.57. The molecule has 3 rings (SSSR count). The molecule has 3 nitrogen and oxygen atoms in total. The molecular weight excluding hydrogens is 283 g/mol. The zero-order valence-corrected chi connectivity index (χ0v) is 11.6. The molecular formula is C13H9FN2OS2. The predicted octanol–water partition coefficient (Wildman–Crippen LogP) is 3.56. The van der Waals surface area contributed by atoms with E-state index in [1.165, 1.54) is 22.0 Å². The molecule has 0 amide bonds. The molecule has 0 atom stereocenters. The summed E-state index contributed by atoms with van der Waals surface area (Å²) in [5.74, 6) is -0.356. The fourth-order valence-electron chi connectivity index (χ4n) is 2.00. The maximum Gasteiger partial charge on any atom is 0.276 e. The second-order valence-electron chi connectivity index (χ2n) is 4.12. The van der Waals surface area contributed by atoms with Crippen molar-refractivity contribution < 1.29 is 4.39 Å². The van der Waals surface area contributed by atoms with Crippen molar-refractivity contribution in [1.82, 2.24) is 9.55 Å². The van der Waals surface area contributed by atoms with Crippen LogP contribution in [-0.2, 0) is 0 Å². The summed E-state index contributed by atoms with van der Waals surface area (Å²) in [4.78, 5) is 15.4. The SMILES string of the molecule is Cc1c(F)cccc1-n1c(=S)[nH]c2ccsc2c1=O. The lowest BCUT2D eigenvalue weighted by Crippen LogP contribution is -2.20. The van der Waals surface area contributed by atoms with Crippen LogP contribution in [0.3, 0.4) is 0 Å². The Labute approximate surface area is 117 Å². The number of H-pyrrole nitrogens is 1. The van der Waals surface area contributed by atoms with E-state index >= 15 is 0 Å². The number of thiophene rings is 1. The first kappa shape index (κ1) is 12.3. The maximum absolute atomic E-state index is 13.6. The van der Waals surface area contributed by atoms with Crippen LogP contribution in [0.4, 0.5) is 4.39 Å². The van der Waals surface area contributed by atoms with Crippen molar-refractivity contribution in [2.75, 3.05) is 0 Å². The molecule has 1 N–H and O–H groups in total. The summed E-state index contributed by atoms with van der Waals surface area (Å²) in [6, 6.07) is 6.42. The molecule has 0 bridgehead atoms. The number of nitrogens with zero attached hydrogens (tertiary/aromatic N) is 1. The van der Waals surface area contributed by atoms with Gasteiger partial charge in [-0.2, -0.15) is 0 Å². The van der Waals surface area contributed by atoms with Crippen LogP contribution in [0.2, 0.25) is 0 Å². The molecule has 0 aliphatic carbocycles. The number of benzene rings is 1. The van der Waals surface area contributed by atoms with E-state index < -0.39 is 0 Å². The molecule has 96 valence electrons. The van der Waals surface area contributed by atoms with Crippen LogP contribution in [0.5, 0.6) is 0 Å². The number of aromatic amines is 1. The Balaban J connectivity index is 2.46. The summed E-state index contributed by atoms with van der Waals surface area (Å²) >= 11 is 6.54. The minimum Gasteiger partial charge on any atom is -0.331 e. The Kier molecular flexibility index (Phi) is 2.83. The zero-order chi connectivity index (χ0) is 13.6. The average Bonchev–Trinajstić information content (AvgIpc) is 2.82. The van der Waals surface area contributed by atoms with Crippen LogP contribution in [0.15, 0.2) is 34.4 Å². The van der Waals surface area contributed by atoms with E-state index in [-0.39, 0.29) is 16.1 Å². The van der Waals surface area contributed by atoms with Gasteiger partial charge in [-0.05, 0) is 42.7 Å². The normalized spacial score (nSPS) is 11.1. The highest BCUT2D eigenvalue weighted by atomic mass is 32.1. The van der Waals surface area contributed by atoms with Crippen LogP contribution >= 0.6 is 23.6 Å². The highest BCUT2D eigenvalue weighted by Gasteiger charge is 2.12. The number of hydrogen-bond donors (Lipinski definition) is 1. The van der Waals surface area contributed by atoms with Crippen molar-refractivity contribution in [3.05, 3.63) is 56.2 Å². The Hall–Kier alpha value is -1.79. The Morgan fingerprint density at radius 3 is 2.95 bits per heavy atom. The molecule has 1 aromatic carbocycles. The van der Waals surface area contributed by atoms with Gasteiger partial charge in [-0.3, -0.25) is 9.36 Å². The number of rotatable bonds is 1. The van der Waals surface area contributed by atoms with Gasteiger partial charge in [0.15, 0.2) is 4.77 Å². The summed E-state index contributed by atoms with van der Waals surface area (Å²) in [6.45, 7) is 1.63. The van der Waals surface area contributed by atoms with E-state index in [9.17, 15) is 9.18 Å². The van der Waals surface area contributed by atoms with Crippen molar-refractivity contribution >= 4 is 33.8 Å². The van der Waals surface area contributed by atoms with Crippen molar-refractivity contribution in [3.63, 3.8) is 0 Å². The number of nitrogens with one attached hydrogen (secondary N) is 1. The van der Waals surface area contributed by atoms with Crippen molar-refractivity contribution in [1.29, 1.82) is 0 Å². The summed E-state index contributed by atoms with van der Waals surface area (Å²) in [6.07, 6.45) is 0. The van der Waals surface area contributed by atoms with Crippen LogP contribution in [0.25, 0.3) is 15.9 Å². The topological polar surface area (TPSA) is 37.8 Å². The van der Waals surface area contributed by atoms with Gasteiger partial charge in [-0.1, -0.05) is 6.07 Å². The second-order valence-corrected chi connectivity index (χ2v) is 5.42. The molecule has 0 aliphatic rings. The summed E-state index contributed by atoms with van der Waals surface area (Å²) < 4.78 is 15.8. The highest BCUT2D eigenvalue weighted by Crippen LogP contribution is 2.19. The third kappa shape index (κ3) is 1.84. The molecule has 0 spiro atoms. The van der Waals surface area contributed by atoms with Crippen LogP contribution in [0, 0.1) is 17.5 Å². The van der Waals surface area contributed by atoms with Crippen LogP contribution in [0.1, 0.15) is 5.56 Å². The van der Waals surface area contributed by atoms with E-state index in [2.05, 4.69) is 4.98 Å². The number of hydrogen-bond acceptors (Lipinski definition) is 3. The zero-order valence-electron chi connectivity index (χ0n) is 9.94. The van der Waals surface area contributed by atoms with Gasteiger partial charge >= 0.3 is 0 Å². The van der Waals surface area contributed by atoms with Gasteiger partial charge in [0.2, 0.25) is 0 Å². The Morgan fingerprint density at radius 2 is 2.16 bits per heavy atom. The standard InChI is InChI=1S/C13H9FN2OS2/c1-7-8(14)3-2-4-10(7)16-12(17)11-9(5-6-19-11)15-13(16)18/h2-6H,1H3,(H,15,18). The minimum absolute atomic E-state index is 0.220. The van der Waals surface area contributed by atoms with Crippen LogP contribution < -0.4 is 5.56 Å². The van der Waals surface area contributed by atoms with E-state index in [4.69, 9.17) is 12.2 Å². The van der Waals surface area contributed by atoms with Crippen molar-refractivity contribution in [2.45, 2.75) is 6.92 Å². The van der Waals surface area contributed by atoms with Gasteiger partial charge in [0.25, 0.3) is 5.56 Å². The van der Waals surface area contributed by atoms with E-state index in [1.807, 2.05) is 5.38 Å². The van der Waals surface area contributed by atoms with Gasteiger partial charge in [0.1, 0.15) is 10.5 Å². The molecule has 19 heavy (non-hydrogen) atoms. The summed E-state index contributed by atoms with van der Waals surface area (Å²) in [5.41, 5.74) is 1.37. The Morgan fingerprint density at radius 1 is 1.37 bits per heavy atom. The largest absolute Gasteiger partial charge is 0.331 e. The molecule has 2 heterocycles. The van der Waals surface area contributed by atoms with E-state index in [0.717, 1.165) is 0 Å². The number of fused-ring (bicyclic) bond motifs is 1. The molecule has 2 aromatic heterocycles. The van der Waals surface area contributed by atoms with Gasteiger partial charge in [0, 0.05) is 5.56 Å². The lowest BCUT2D eigenvalue weighted by atomic mass is 10.2. The van der Waals surface area contributed by atoms with Gasteiger partial charge < -0.3 is 4.98 Å². The highest BCUT2D eigenvalue weighted by molar-refractivity contribution is 7.71. The minimum atomic E-state index is -0.356. The summed E-state index contributed by atoms with van der Waals surface area (Å²) in [7, 11) is 0. The number of halogens is 1.